The minimum atomic E-state index is -0.349. The Labute approximate surface area is 146 Å². The first-order chi connectivity index (χ1) is 11.7. The molecule has 1 unspecified atom stereocenters. The highest BCUT2D eigenvalue weighted by Gasteiger charge is 2.14. The maximum Gasteiger partial charge on any atom is 0.338 e. The van der Waals surface area contributed by atoms with E-state index in [1.807, 2.05) is 6.92 Å². The van der Waals surface area contributed by atoms with Crippen LogP contribution in [0.15, 0.2) is 24.3 Å². The first kappa shape index (κ1) is 20.7. The Balaban J connectivity index is 2.14. The average Bonchev–Trinajstić information content (AvgIpc) is 2.59. The summed E-state index contributed by atoms with van der Waals surface area (Å²) in [6, 6.07) is 5.53. The maximum atomic E-state index is 12.9. The van der Waals surface area contributed by atoms with Crippen LogP contribution in [0.2, 0.25) is 0 Å². The predicted molar refractivity (Wildman–Crippen MR) is 97.7 cm³/mol. The molecule has 0 saturated heterocycles. The molecule has 0 N–H and O–H groups in total. The van der Waals surface area contributed by atoms with Crippen molar-refractivity contribution in [2.75, 3.05) is 0 Å². The molecule has 0 bridgehead atoms. The van der Waals surface area contributed by atoms with Crippen LogP contribution in [0.4, 0.5) is 4.39 Å². The molecule has 0 radical (unpaired) electrons. The summed E-state index contributed by atoms with van der Waals surface area (Å²) in [5.74, 6) is -0.689. The summed E-state index contributed by atoms with van der Waals surface area (Å²) in [6.07, 6.45) is 13.3. The number of unbranched alkanes of at least 4 members (excludes halogenated alkanes) is 8. The normalized spacial score (nSPS) is 12.1. The zero-order valence-electron chi connectivity index (χ0n) is 15.4. The van der Waals surface area contributed by atoms with Crippen molar-refractivity contribution in [2.45, 2.75) is 90.6 Å². The minimum absolute atomic E-state index is 0.0351. The molecule has 2 nitrogen and oxygen atoms in total. The smallest absolute Gasteiger partial charge is 0.338 e. The summed E-state index contributed by atoms with van der Waals surface area (Å²) >= 11 is 0. The largest absolute Gasteiger partial charge is 0.459 e. The summed E-state index contributed by atoms with van der Waals surface area (Å²) in [4.78, 5) is 12.0. The van der Waals surface area contributed by atoms with Gasteiger partial charge in [0.15, 0.2) is 0 Å². The van der Waals surface area contributed by atoms with E-state index in [4.69, 9.17) is 4.74 Å². The topological polar surface area (TPSA) is 26.3 Å². The average molecular weight is 336 g/mol. The number of hydrogen-bond acceptors (Lipinski definition) is 2. The van der Waals surface area contributed by atoms with Gasteiger partial charge >= 0.3 is 5.97 Å². The molecule has 0 heterocycles. The van der Waals surface area contributed by atoms with Crippen LogP contribution >= 0.6 is 0 Å². The van der Waals surface area contributed by atoms with E-state index < -0.39 is 0 Å². The van der Waals surface area contributed by atoms with Crippen LogP contribution in [0.3, 0.4) is 0 Å². The van der Waals surface area contributed by atoms with Crippen molar-refractivity contribution in [1.82, 2.24) is 0 Å². The van der Waals surface area contributed by atoms with Gasteiger partial charge in [-0.25, -0.2) is 9.18 Å². The van der Waals surface area contributed by atoms with Crippen molar-refractivity contribution in [2.24, 2.45) is 0 Å². The maximum absolute atomic E-state index is 12.9. The number of benzene rings is 1. The van der Waals surface area contributed by atoms with E-state index in [0.29, 0.717) is 5.56 Å². The van der Waals surface area contributed by atoms with Gasteiger partial charge in [0.2, 0.25) is 0 Å². The van der Waals surface area contributed by atoms with Crippen LogP contribution < -0.4 is 0 Å². The van der Waals surface area contributed by atoms with Crippen LogP contribution in [0, 0.1) is 5.82 Å². The molecule has 3 heteroatoms. The van der Waals surface area contributed by atoms with Gasteiger partial charge < -0.3 is 4.74 Å². The van der Waals surface area contributed by atoms with Crippen molar-refractivity contribution in [3.8, 4) is 0 Å². The Hall–Kier alpha value is -1.38. The number of ether oxygens (including phenoxy) is 1. The Morgan fingerprint density at radius 2 is 1.46 bits per heavy atom. The van der Waals surface area contributed by atoms with Gasteiger partial charge in [0.05, 0.1) is 5.56 Å². The molecule has 0 saturated carbocycles. The second kappa shape index (κ2) is 13.0. The summed E-state index contributed by atoms with van der Waals surface area (Å²) in [5.41, 5.74) is 0.418. The molecule has 0 aliphatic carbocycles. The van der Waals surface area contributed by atoms with E-state index in [2.05, 4.69) is 6.92 Å². The number of halogens is 1. The number of carbonyl (C=O) groups excluding carboxylic acids is 1. The molecule has 136 valence electrons. The third-order valence-corrected chi connectivity index (χ3v) is 4.44. The van der Waals surface area contributed by atoms with E-state index in [0.717, 1.165) is 19.3 Å². The van der Waals surface area contributed by atoms with E-state index in [-0.39, 0.29) is 17.9 Å². The van der Waals surface area contributed by atoms with Gasteiger partial charge in [0, 0.05) is 0 Å². The van der Waals surface area contributed by atoms with Crippen molar-refractivity contribution >= 4 is 5.97 Å². The molecule has 1 aromatic carbocycles. The quantitative estimate of drug-likeness (QED) is 0.296. The Bertz CT molecular complexity index is 442. The first-order valence-corrected chi connectivity index (χ1v) is 9.64. The second-order valence-electron chi connectivity index (χ2n) is 6.56. The van der Waals surface area contributed by atoms with Crippen molar-refractivity contribution in [3.05, 3.63) is 35.6 Å². The summed E-state index contributed by atoms with van der Waals surface area (Å²) in [6.45, 7) is 4.28. The fraction of sp³-hybridized carbons (Fsp3) is 0.667. The standard InChI is InChI=1S/C21H33FO2/c1-3-5-6-7-8-9-10-11-12-13-20(4-2)24-21(23)18-14-16-19(22)17-15-18/h14-17,20H,3-13H2,1-2H3. The molecule has 0 fully saturated rings. The van der Waals surface area contributed by atoms with Gasteiger partial charge in [0.1, 0.15) is 11.9 Å². The molecule has 1 atom stereocenters. The minimum Gasteiger partial charge on any atom is -0.459 e. The van der Waals surface area contributed by atoms with E-state index in [1.165, 1.54) is 75.6 Å². The van der Waals surface area contributed by atoms with E-state index >= 15 is 0 Å². The van der Waals surface area contributed by atoms with E-state index in [9.17, 15) is 9.18 Å². The lowest BCUT2D eigenvalue weighted by Crippen LogP contribution is -2.17. The SMILES string of the molecule is CCCCCCCCCCCC(CC)OC(=O)c1ccc(F)cc1. The molecular formula is C21H33FO2. The molecule has 0 amide bonds. The predicted octanol–water partition coefficient (Wildman–Crippen LogP) is 6.68. The molecule has 1 rings (SSSR count). The number of carbonyl (C=O) groups is 1. The third kappa shape index (κ3) is 9.05. The first-order valence-electron chi connectivity index (χ1n) is 9.64. The zero-order valence-corrected chi connectivity index (χ0v) is 15.4. The highest BCUT2D eigenvalue weighted by molar-refractivity contribution is 5.89. The van der Waals surface area contributed by atoms with Gasteiger partial charge in [-0.3, -0.25) is 0 Å². The molecule has 24 heavy (non-hydrogen) atoms. The van der Waals surface area contributed by atoms with Crippen LogP contribution in [0.5, 0.6) is 0 Å². The van der Waals surface area contributed by atoms with E-state index in [1.54, 1.807) is 0 Å². The Morgan fingerprint density at radius 3 is 2.00 bits per heavy atom. The van der Waals surface area contributed by atoms with Crippen LogP contribution in [0.1, 0.15) is 94.8 Å². The van der Waals surface area contributed by atoms with Crippen molar-refractivity contribution in [3.63, 3.8) is 0 Å². The van der Waals surface area contributed by atoms with Crippen LogP contribution in [-0.2, 0) is 4.74 Å². The molecule has 0 aliphatic rings. The van der Waals surface area contributed by atoms with Crippen LogP contribution in [-0.4, -0.2) is 12.1 Å². The molecular weight excluding hydrogens is 303 g/mol. The fourth-order valence-electron chi connectivity index (χ4n) is 2.83. The molecule has 0 aliphatic heterocycles. The number of rotatable bonds is 13. The second-order valence-corrected chi connectivity index (χ2v) is 6.56. The lowest BCUT2D eigenvalue weighted by molar-refractivity contribution is 0.0267. The third-order valence-electron chi connectivity index (χ3n) is 4.44. The Morgan fingerprint density at radius 1 is 0.917 bits per heavy atom. The number of esters is 1. The van der Waals surface area contributed by atoms with Gasteiger partial charge in [-0.2, -0.15) is 0 Å². The highest BCUT2D eigenvalue weighted by Crippen LogP contribution is 2.15. The van der Waals surface area contributed by atoms with Crippen molar-refractivity contribution < 1.29 is 13.9 Å². The monoisotopic (exact) mass is 336 g/mol. The van der Waals surface area contributed by atoms with Crippen molar-refractivity contribution in [1.29, 1.82) is 0 Å². The molecule has 1 aromatic rings. The molecule has 0 spiro atoms. The van der Waals surface area contributed by atoms with Gasteiger partial charge in [-0.05, 0) is 43.5 Å². The Kier molecular flexibility index (Phi) is 11.2. The van der Waals surface area contributed by atoms with Crippen LogP contribution in [0.25, 0.3) is 0 Å². The summed E-state index contributed by atoms with van der Waals surface area (Å²) < 4.78 is 18.4. The fourth-order valence-corrected chi connectivity index (χ4v) is 2.83. The summed E-state index contributed by atoms with van der Waals surface area (Å²) in [7, 11) is 0. The number of hydrogen-bond donors (Lipinski definition) is 0. The zero-order chi connectivity index (χ0) is 17.6. The van der Waals surface area contributed by atoms with Gasteiger partial charge in [0.25, 0.3) is 0 Å². The van der Waals surface area contributed by atoms with Gasteiger partial charge in [-0.1, -0.05) is 65.2 Å². The highest BCUT2D eigenvalue weighted by atomic mass is 19.1. The summed E-state index contributed by atoms with van der Waals surface area (Å²) in [5, 5.41) is 0. The molecule has 0 aromatic heterocycles. The lowest BCUT2D eigenvalue weighted by atomic mass is 10.0. The lowest BCUT2D eigenvalue weighted by Gasteiger charge is -2.16. The van der Waals surface area contributed by atoms with Gasteiger partial charge in [-0.15, -0.1) is 0 Å².